The molecule has 0 unspecified atom stereocenters. The number of benzene rings is 1. The molecular weight excluding hydrogens is 506 g/mol. The van der Waals surface area contributed by atoms with Crippen LogP contribution in [-0.4, -0.2) is 43.0 Å². The summed E-state index contributed by atoms with van der Waals surface area (Å²) in [7, 11) is -3.55. The maximum absolute atomic E-state index is 13.4. The molecule has 3 rings (SSSR count). The second kappa shape index (κ2) is 9.20. The monoisotopic (exact) mass is 522 g/mol. The van der Waals surface area contributed by atoms with Gasteiger partial charge in [-0.1, -0.05) is 6.07 Å². The maximum Gasteiger partial charge on any atom is 0.433 e. The maximum atomic E-state index is 13.4. The summed E-state index contributed by atoms with van der Waals surface area (Å²) in [4.78, 5) is 16.1. The first-order valence-electron chi connectivity index (χ1n) is 9.63. The van der Waals surface area contributed by atoms with Crippen molar-refractivity contribution in [3.05, 3.63) is 65.0 Å². The van der Waals surface area contributed by atoms with Crippen molar-refractivity contribution in [1.29, 1.82) is 0 Å². The van der Waals surface area contributed by atoms with Crippen LogP contribution < -0.4 is 10.1 Å². The Labute approximate surface area is 195 Å². The van der Waals surface area contributed by atoms with Crippen molar-refractivity contribution in [3.63, 3.8) is 0 Å². The van der Waals surface area contributed by atoms with Crippen molar-refractivity contribution in [2.75, 3.05) is 19.0 Å². The molecule has 0 aliphatic carbocycles. The quantitative estimate of drug-likeness (QED) is 0.598. The highest BCUT2D eigenvalue weighted by atomic mass is 32.2. The molecule has 1 amide bonds. The highest BCUT2D eigenvalue weighted by Crippen LogP contribution is 2.37. The van der Waals surface area contributed by atoms with E-state index in [1.165, 1.54) is 6.92 Å². The van der Waals surface area contributed by atoms with Gasteiger partial charge >= 0.3 is 22.6 Å². The zero-order valence-electron chi connectivity index (χ0n) is 17.9. The molecule has 0 saturated heterocycles. The van der Waals surface area contributed by atoms with Gasteiger partial charge in [0.05, 0.1) is 18.4 Å². The highest BCUT2D eigenvalue weighted by molar-refractivity contribution is 7.88. The second-order valence-electron chi connectivity index (χ2n) is 6.92. The summed E-state index contributed by atoms with van der Waals surface area (Å²) in [5, 5.41) is 2.07. The van der Waals surface area contributed by atoms with Gasteiger partial charge in [-0.2, -0.15) is 34.8 Å². The van der Waals surface area contributed by atoms with Crippen LogP contribution in [0, 0.1) is 0 Å². The molecule has 15 heteroatoms. The molecule has 0 spiro atoms. The van der Waals surface area contributed by atoms with Crippen molar-refractivity contribution < 1.29 is 44.3 Å². The molecule has 0 saturated carbocycles. The Morgan fingerprint density at radius 2 is 1.77 bits per heavy atom. The number of hydrogen-bond acceptors (Lipinski definition) is 5. The number of nitrogens with one attached hydrogen (secondary N) is 1. The molecule has 1 aromatic carbocycles. The zero-order chi connectivity index (χ0) is 26.2. The van der Waals surface area contributed by atoms with Gasteiger partial charge in [0, 0.05) is 12.1 Å². The largest absolute Gasteiger partial charge is 0.496 e. The van der Waals surface area contributed by atoms with Gasteiger partial charge in [0.1, 0.15) is 23.0 Å². The molecule has 1 aliphatic heterocycles. The molecule has 2 aromatic rings. The number of halogens is 6. The fourth-order valence-corrected chi connectivity index (χ4v) is 4.32. The minimum Gasteiger partial charge on any atom is -0.496 e. The summed E-state index contributed by atoms with van der Waals surface area (Å²) in [5.41, 5.74) is -3.87. The van der Waals surface area contributed by atoms with Crippen LogP contribution >= 0.6 is 0 Å². The lowest BCUT2D eigenvalue weighted by Crippen LogP contribution is -2.38. The van der Waals surface area contributed by atoms with Crippen molar-refractivity contribution in [3.8, 4) is 5.75 Å². The van der Waals surface area contributed by atoms with E-state index in [2.05, 4.69) is 14.7 Å². The normalized spacial score (nSPS) is 15.8. The number of pyridine rings is 1. The van der Waals surface area contributed by atoms with Gasteiger partial charge in [-0.15, -0.1) is 4.40 Å². The molecule has 188 valence electrons. The van der Waals surface area contributed by atoms with Crippen LogP contribution in [0.4, 0.5) is 32.2 Å². The SMILES string of the molecule is CCN1C(C(=O)Nc2cccc(C(F)(F)F)n2)=CC(c2ccc(OC)c(C(F)(F)F)c2)=NS1(=O)=O. The molecule has 8 nitrogen and oxygen atoms in total. The molecule has 1 aromatic heterocycles. The number of anilines is 1. The smallest absolute Gasteiger partial charge is 0.433 e. The molecule has 0 radical (unpaired) electrons. The molecule has 1 N–H and O–H groups in total. The lowest BCUT2D eigenvalue weighted by atomic mass is 10.0. The Balaban J connectivity index is 2.06. The average molecular weight is 522 g/mol. The predicted octanol–water partition coefficient (Wildman–Crippen LogP) is 4.02. The highest BCUT2D eigenvalue weighted by Gasteiger charge is 2.37. The first-order chi connectivity index (χ1) is 16.2. The van der Waals surface area contributed by atoms with E-state index in [0.29, 0.717) is 16.4 Å². The van der Waals surface area contributed by atoms with Crippen LogP contribution in [0.25, 0.3) is 0 Å². The van der Waals surface area contributed by atoms with Gasteiger partial charge < -0.3 is 10.1 Å². The zero-order valence-corrected chi connectivity index (χ0v) is 18.7. The molecule has 35 heavy (non-hydrogen) atoms. The Kier molecular flexibility index (Phi) is 6.83. The number of likely N-dealkylation sites (N-methyl/N-ethyl adjacent to an activating group) is 1. The van der Waals surface area contributed by atoms with E-state index < -0.39 is 62.7 Å². The molecule has 0 atom stereocenters. The van der Waals surface area contributed by atoms with Crippen molar-refractivity contribution in [2.45, 2.75) is 19.3 Å². The molecular formula is C20H16F6N4O4S. The summed E-state index contributed by atoms with van der Waals surface area (Å²) in [6.45, 7) is 1.06. The molecule has 1 aliphatic rings. The van der Waals surface area contributed by atoms with Crippen LogP contribution in [0.2, 0.25) is 0 Å². The van der Waals surface area contributed by atoms with Crippen LogP contribution in [0.15, 0.2) is 52.6 Å². The lowest BCUT2D eigenvalue weighted by molar-refractivity contribution is -0.141. The van der Waals surface area contributed by atoms with Crippen molar-refractivity contribution in [2.24, 2.45) is 4.40 Å². The number of allylic oxidation sites excluding steroid dienone is 1. The summed E-state index contributed by atoms with van der Waals surface area (Å²) in [5.74, 6) is -2.21. The third kappa shape index (κ3) is 5.55. The van der Waals surface area contributed by atoms with Crippen LogP contribution in [-0.2, 0) is 27.4 Å². The third-order valence-corrected chi connectivity index (χ3v) is 6.08. The summed E-state index contributed by atoms with van der Waals surface area (Å²) < 4.78 is 113. The van der Waals surface area contributed by atoms with Crippen LogP contribution in [0.1, 0.15) is 23.7 Å². The van der Waals surface area contributed by atoms with Crippen molar-refractivity contribution >= 4 is 27.6 Å². The number of ether oxygens (including phenoxy) is 1. The van der Waals surface area contributed by atoms with E-state index in [-0.39, 0.29) is 12.1 Å². The van der Waals surface area contributed by atoms with Gasteiger partial charge in [0.25, 0.3) is 5.91 Å². The Hall–Kier alpha value is -3.62. The minimum atomic E-state index is -4.84. The number of carbonyl (C=O) groups is 1. The van der Waals surface area contributed by atoms with Gasteiger partial charge in [0.2, 0.25) is 0 Å². The number of hydrogen-bond donors (Lipinski definition) is 1. The topological polar surface area (TPSA) is 101 Å². The average Bonchev–Trinajstić information content (AvgIpc) is 2.76. The standard InChI is InChI=1S/C20H16F6N4O4S/c1-3-30-14(18(31)28-17-6-4-5-16(27-17)20(24,25)26)10-13(29-35(30,32)33)11-7-8-15(34-2)12(9-11)19(21,22)23/h4-10H,3H2,1-2H3,(H,27,28,31). The lowest BCUT2D eigenvalue weighted by Gasteiger charge is -2.26. The fraction of sp³-hybridized carbons (Fsp3) is 0.250. The number of rotatable bonds is 5. The number of carbonyl (C=O) groups excluding carboxylic acids is 1. The first kappa shape index (κ1) is 26.0. The second-order valence-corrected chi connectivity index (χ2v) is 8.44. The van der Waals surface area contributed by atoms with Crippen LogP contribution in [0.5, 0.6) is 5.75 Å². The van der Waals surface area contributed by atoms with E-state index in [1.54, 1.807) is 0 Å². The van der Waals surface area contributed by atoms with Gasteiger partial charge in [0.15, 0.2) is 0 Å². The third-order valence-electron chi connectivity index (χ3n) is 4.64. The van der Waals surface area contributed by atoms with E-state index in [1.807, 2.05) is 0 Å². The van der Waals surface area contributed by atoms with E-state index in [9.17, 15) is 39.6 Å². The fourth-order valence-electron chi connectivity index (χ4n) is 3.11. The molecule has 0 bridgehead atoms. The van der Waals surface area contributed by atoms with Gasteiger partial charge in [-0.25, -0.2) is 9.29 Å². The first-order valence-corrected chi connectivity index (χ1v) is 11.0. The Morgan fingerprint density at radius 3 is 2.34 bits per heavy atom. The summed E-state index contributed by atoms with van der Waals surface area (Å²) >= 11 is 0. The summed E-state index contributed by atoms with van der Waals surface area (Å²) in [6.07, 6.45) is -8.73. The number of nitrogens with zero attached hydrogens (tertiary/aromatic N) is 3. The number of amides is 1. The number of alkyl halides is 6. The molecule has 0 fully saturated rings. The van der Waals surface area contributed by atoms with E-state index >= 15 is 0 Å². The number of methoxy groups -OCH3 is 1. The van der Waals surface area contributed by atoms with E-state index in [4.69, 9.17) is 4.74 Å². The Bertz CT molecular complexity index is 1320. The summed E-state index contributed by atoms with van der Waals surface area (Å²) in [6, 6.07) is 5.39. The molecule has 2 heterocycles. The van der Waals surface area contributed by atoms with Crippen LogP contribution in [0.3, 0.4) is 0 Å². The van der Waals surface area contributed by atoms with Gasteiger partial charge in [-0.05, 0) is 43.3 Å². The van der Waals surface area contributed by atoms with Crippen molar-refractivity contribution in [1.82, 2.24) is 9.29 Å². The predicted molar refractivity (Wildman–Crippen MR) is 112 cm³/mol. The van der Waals surface area contributed by atoms with E-state index in [0.717, 1.165) is 37.5 Å². The number of aromatic nitrogens is 1. The van der Waals surface area contributed by atoms with Gasteiger partial charge in [-0.3, -0.25) is 4.79 Å². The minimum absolute atomic E-state index is 0.292. The Morgan fingerprint density at radius 1 is 1.09 bits per heavy atom.